The normalized spacial score (nSPS) is 11.5. The van der Waals surface area contributed by atoms with Crippen LogP contribution in [0.1, 0.15) is 0 Å². The molecule has 0 aliphatic carbocycles. The number of nitrogens with zero attached hydrogens (tertiary/aromatic N) is 2. The van der Waals surface area contributed by atoms with Gasteiger partial charge < -0.3 is 0 Å². The summed E-state index contributed by atoms with van der Waals surface area (Å²) in [4.78, 5) is 6.54. The van der Waals surface area contributed by atoms with Crippen molar-refractivity contribution in [3.8, 4) is 100 Å². The van der Waals surface area contributed by atoms with Crippen LogP contribution in [-0.4, -0.2) is 165 Å². The van der Waals surface area contributed by atoms with Crippen molar-refractivity contribution in [3.05, 3.63) is 190 Å². The maximum atomic E-state index is 17.5. The molecule has 32 heteroatoms. The van der Waals surface area contributed by atoms with Crippen LogP contribution in [-0.2, 0) is 0 Å². The zero-order chi connectivity index (χ0) is 66.2. The predicted molar refractivity (Wildman–Crippen MR) is 346 cm³/mol. The van der Waals surface area contributed by atoms with Crippen molar-refractivity contribution in [1.82, 2.24) is 9.97 Å². The van der Waals surface area contributed by atoms with E-state index >= 15 is 79.0 Å². The molecule has 438 valence electrons. The van der Waals surface area contributed by atoms with Gasteiger partial charge in [-0.15, -0.1) is 0 Å². The minimum atomic E-state index is -2.29. The Balaban J connectivity index is 1.24. The van der Waals surface area contributed by atoms with E-state index < -0.39 is 330 Å². The summed E-state index contributed by atoms with van der Waals surface area (Å²) in [5.74, 6) is -34.3. The topological polar surface area (TPSA) is 25.8 Å². The van der Waals surface area contributed by atoms with Gasteiger partial charge in [0, 0.05) is 0 Å². The molecule has 0 aliphatic heterocycles. The van der Waals surface area contributed by atoms with Gasteiger partial charge in [-0.2, -0.15) is 0 Å². The molecule has 90 heavy (non-hydrogen) atoms. The van der Waals surface area contributed by atoms with Gasteiger partial charge in [-0.25, -0.2) is 0 Å². The summed E-state index contributed by atoms with van der Waals surface area (Å²) in [6.45, 7) is 0. The van der Waals surface area contributed by atoms with E-state index in [9.17, 15) is 4.39 Å². The van der Waals surface area contributed by atoms with Gasteiger partial charge in [-0.1, -0.05) is 0 Å². The third kappa shape index (κ3) is 12.5. The summed E-state index contributed by atoms with van der Waals surface area (Å²) < 4.78 is 309. The molecule has 0 unspecified atom stereocenters. The van der Waals surface area contributed by atoms with Gasteiger partial charge in [-0.3, -0.25) is 0 Å². The molecule has 8 aromatic carbocycles. The summed E-state index contributed by atoms with van der Waals surface area (Å²) in [5, 5.41) is 0. The second-order valence-electron chi connectivity index (χ2n) is 19.0. The van der Waals surface area contributed by atoms with E-state index in [0.29, 0.717) is 47.1 Å². The SMILES string of the molecule is Fc1ccc(-c2[c]([Tl])c(F)c(-c3c(F)c(I)c(-c4cc(-c5c(F)c(F)c(-c6c(F)c(F)c(-c7cc[c]([Tl])c[c]7[Tl])c(F)c6I)[c]([Tl])c5F)cc(-c5c(F)c(F)c(-c6c(F)c(F)c(-c7ccc(I)nc7F)c(F)c6I)[c]([Tl])c5F)c4)c(I)c3F)c(F)[c]2[Tl])c(F)n1. The Morgan fingerprint density at radius 1 is 0.256 bits per heavy atom. The molecule has 10 aromatic rings. The molecule has 0 fully saturated rings. The van der Waals surface area contributed by atoms with Gasteiger partial charge in [0.2, 0.25) is 0 Å². The number of halogens is 24. The fourth-order valence-corrected chi connectivity index (χ4v) is 29.1. The first-order valence-electron chi connectivity index (χ1n) is 24.2. The second kappa shape index (κ2) is 28.3. The van der Waals surface area contributed by atoms with Gasteiger partial charge in [-0.05, 0) is 0 Å². The van der Waals surface area contributed by atoms with Gasteiger partial charge in [0.1, 0.15) is 0 Å². The molecule has 2 heterocycles. The Morgan fingerprint density at radius 3 is 1.00 bits per heavy atom. The standard InChI is InChI=1S/C58H10F19I5N2.6Tl/c59-26-13-18(22-6-8-30(63)83-57(22)76)14-27(60)39(26)40-51(74)53(79)35(54(80)52(40)75)21-11-19(32-28(61)15-24(41(64)43(32)66)37-47(70)45(68)34(49(72)55(37)81)17-4-2-1-3-5-17)10-20(12-21)33-29(62)16-25(42(65)44(33)67)38-48(71)46(69)36(50(73)56(38)82)23-7-9-31(78)84-58(23)77;;;;;;/h2-4,6-12H;;;;;;. The molecule has 0 N–H and O–H groups in total. The molecule has 0 amide bonds. The first-order valence-corrected chi connectivity index (χ1v) is 43.1. The van der Waals surface area contributed by atoms with Crippen molar-refractivity contribution < 1.29 is 83.4 Å². The van der Waals surface area contributed by atoms with E-state index in [0.717, 1.165) is 50.0 Å². The van der Waals surface area contributed by atoms with Crippen molar-refractivity contribution in [3.63, 3.8) is 0 Å². The van der Waals surface area contributed by atoms with Crippen LogP contribution in [0, 0.1) is 129 Å². The van der Waals surface area contributed by atoms with Crippen molar-refractivity contribution in [1.29, 1.82) is 0 Å². The number of benzene rings is 8. The zero-order valence-electron chi connectivity index (χ0n) is 43.2. The quantitative estimate of drug-likeness (QED) is 0.0473. The van der Waals surface area contributed by atoms with Crippen LogP contribution in [0.15, 0.2) is 60.7 Å². The molecular weight excluding hydrogens is 2950 g/mol. The number of hydrogen-bond acceptors (Lipinski definition) is 2. The number of rotatable bonds is 9. The molecular formula is C58H10F19I5N2Tl6. The van der Waals surface area contributed by atoms with Crippen LogP contribution in [0.5, 0.6) is 0 Å². The number of pyridine rings is 2. The van der Waals surface area contributed by atoms with Crippen molar-refractivity contribution >= 4 is 286 Å². The van der Waals surface area contributed by atoms with E-state index in [1.807, 2.05) is 0 Å². The van der Waals surface area contributed by atoms with E-state index in [4.69, 9.17) is 0 Å². The first-order chi connectivity index (χ1) is 42.2. The van der Waals surface area contributed by atoms with Crippen molar-refractivity contribution in [2.24, 2.45) is 0 Å². The predicted octanol–water partition coefficient (Wildman–Crippen LogP) is 13.9. The second-order valence-corrected chi connectivity index (χ2v) is 38.4. The first kappa shape index (κ1) is 72.7. The Kier molecular flexibility index (Phi) is 22.8. The van der Waals surface area contributed by atoms with E-state index in [2.05, 4.69) is 9.97 Å². The maximum absolute atomic E-state index is 17.5. The molecule has 0 saturated heterocycles. The van der Waals surface area contributed by atoms with Crippen LogP contribution < -0.4 is 18.7 Å². The average Bonchev–Trinajstić information content (AvgIpc) is 0.751. The molecule has 0 saturated carbocycles. The molecule has 2 aromatic heterocycles. The van der Waals surface area contributed by atoms with E-state index in [1.54, 1.807) is 34.7 Å². The Morgan fingerprint density at radius 2 is 0.567 bits per heavy atom. The molecule has 0 radical (unpaired) electrons. The Bertz CT molecular complexity index is 4230. The molecule has 0 spiro atoms. The van der Waals surface area contributed by atoms with Gasteiger partial charge in [0.05, 0.1) is 0 Å². The molecule has 0 bridgehead atoms. The van der Waals surface area contributed by atoms with Crippen LogP contribution in [0.4, 0.5) is 83.4 Å². The summed E-state index contributed by atoms with van der Waals surface area (Å²) >= 11 is 3.23. The van der Waals surface area contributed by atoms with Gasteiger partial charge in [0.15, 0.2) is 0 Å². The van der Waals surface area contributed by atoms with Gasteiger partial charge in [0.25, 0.3) is 0 Å². The fourth-order valence-electron chi connectivity index (χ4n) is 9.94. The zero-order valence-corrected chi connectivity index (χ0v) is 80.9. The Hall–Kier alpha value is -0.0875. The summed E-state index contributed by atoms with van der Waals surface area (Å²) in [7, 11) is 0. The third-order valence-electron chi connectivity index (χ3n) is 14.0. The number of aromatic nitrogens is 2. The average molecular weight is 2960 g/mol. The summed E-state index contributed by atoms with van der Waals surface area (Å²) in [6, 6.07) is 10.1. The van der Waals surface area contributed by atoms with Crippen LogP contribution in [0.25, 0.3) is 100 Å². The fraction of sp³-hybridized carbons (Fsp3) is 0. The van der Waals surface area contributed by atoms with Gasteiger partial charge >= 0.3 is 669 Å². The molecule has 2 nitrogen and oxygen atoms in total. The monoisotopic (exact) mass is 2960 g/mol. The third-order valence-corrected chi connectivity index (χ3v) is 30.4. The molecule has 0 atom stereocenters. The van der Waals surface area contributed by atoms with E-state index in [1.165, 1.54) is 73.8 Å². The Labute approximate surface area is 658 Å². The van der Waals surface area contributed by atoms with Crippen LogP contribution in [0.3, 0.4) is 0 Å². The van der Waals surface area contributed by atoms with Crippen molar-refractivity contribution in [2.75, 3.05) is 0 Å². The summed E-state index contributed by atoms with van der Waals surface area (Å²) in [6.07, 6.45) is 0. The molecule has 10 rings (SSSR count). The number of hydrogen-bond donors (Lipinski definition) is 0. The van der Waals surface area contributed by atoms with Crippen LogP contribution >= 0.6 is 113 Å². The van der Waals surface area contributed by atoms with Crippen molar-refractivity contribution in [2.45, 2.75) is 0 Å². The molecule has 0 aliphatic rings. The van der Waals surface area contributed by atoms with Crippen LogP contribution in [0.2, 0.25) is 0 Å². The van der Waals surface area contributed by atoms with E-state index in [-0.39, 0.29) is 40.6 Å². The summed E-state index contributed by atoms with van der Waals surface area (Å²) in [5.41, 5.74) is -18.1. The minimum absolute atomic E-state index is 0.0190.